The molecule has 0 aromatic heterocycles. The molecule has 0 aliphatic heterocycles. The molecule has 0 atom stereocenters. The summed E-state index contributed by atoms with van der Waals surface area (Å²) < 4.78 is 0. The Labute approximate surface area is 140 Å². The molecular formula is C22H26O. The Balaban J connectivity index is 2.27. The first-order chi connectivity index (χ1) is 11.2. The van der Waals surface area contributed by atoms with Crippen LogP contribution in [0, 0.1) is 0 Å². The monoisotopic (exact) mass is 306 g/mol. The predicted molar refractivity (Wildman–Crippen MR) is 99.6 cm³/mol. The highest BCUT2D eigenvalue weighted by atomic mass is 16.2. The average molecular weight is 306 g/mol. The van der Waals surface area contributed by atoms with Gasteiger partial charge in [0, 0.05) is 0 Å². The van der Waals surface area contributed by atoms with E-state index in [0.717, 1.165) is 19.3 Å². The van der Waals surface area contributed by atoms with E-state index in [-0.39, 0.29) is 6.61 Å². The molecule has 0 spiro atoms. The predicted octanol–water partition coefficient (Wildman–Crippen LogP) is 5.34. The first kappa shape index (κ1) is 17.2. The van der Waals surface area contributed by atoms with E-state index in [1.807, 2.05) is 12.2 Å². The second kappa shape index (κ2) is 9.12. The highest BCUT2D eigenvalue weighted by molar-refractivity contribution is 5.65. The molecule has 0 amide bonds. The van der Waals surface area contributed by atoms with Gasteiger partial charge in [0.2, 0.25) is 0 Å². The molecule has 0 unspecified atom stereocenters. The highest BCUT2D eigenvalue weighted by Crippen LogP contribution is 2.24. The summed E-state index contributed by atoms with van der Waals surface area (Å²) in [5, 5.41) is 8.83. The molecule has 1 N–H and O–H groups in total. The van der Waals surface area contributed by atoms with Crippen LogP contribution in [0.2, 0.25) is 0 Å². The molecule has 2 aromatic rings. The molecule has 0 saturated carbocycles. The van der Waals surface area contributed by atoms with Crippen LogP contribution in [0.25, 0.3) is 11.1 Å². The van der Waals surface area contributed by atoms with Crippen molar-refractivity contribution in [2.75, 3.05) is 6.61 Å². The maximum Gasteiger partial charge on any atom is 0.0612 e. The number of hydrogen-bond acceptors (Lipinski definition) is 1. The zero-order valence-corrected chi connectivity index (χ0v) is 14.1. The van der Waals surface area contributed by atoms with Crippen LogP contribution in [0.4, 0.5) is 0 Å². The number of aliphatic hydroxyl groups is 1. The van der Waals surface area contributed by atoms with Gasteiger partial charge in [-0.25, -0.2) is 0 Å². The van der Waals surface area contributed by atoms with Crippen molar-refractivity contribution in [3.05, 3.63) is 83.5 Å². The zero-order chi connectivity index (χ0) is 16.5. The summed E-state index contributed by atoms with van der Waals surface area (Å²) in [6, 6.07) is 17.4. The summed E-state index contributed by atoms with van der Waals surface area (Å²) >= 11 is 0. The van der Waals surface area contributed by atoms with Crippen molar-refractivity contribution in [2.45, 2.75) is 33.1 Å². The van der Waals surface area contributed by atoms with E-state index >= 15 is 0 Å². The van der Waals surface area contributed by atoms with Gasteiger partial charge in [-0.3, -0.25) is 0 Å². The Morgan fingerprint density at radius 1 is 0.913 bits per heavy atom. The third-order valence-corrected chi connectivity index (χ3v) is 3.78. The Morgan fingerprint density at radius 2 is 1.65 bits per heavy atom. The maximum atomic E-state index is 8.83. The number of aliphatic hydroxyl groups excluding tert-OH is 1. The van der Waals surface area contributed by atoms with Crippen molar-refractivity contribution < 1.29 is 5.11 Å². The number of rotatable bonds is 7. The van der Waals surface area contributed by atoms with Crippen LogP contribution < -0.4 is 0 Å². The fraction of sp³-hybridized carbons (Fsp3) is 0.273. The van der Waals surface area contributed by atoms with Crippen LogP contribution in [0.3, 0.4) is 0 Å². The lowest BCUT2D eigenvalue weighted by Crippen LogP contribution is -1.91. The molecular weight excluding hydrogens is 280 g/mol. The minimum atomic E-state index is 0.121. The quantitative estimate of drug-likeness (QED) is 0.684. The van der Waals surface area contributed by atoms with Gasteiger partial charge in [0.05, 0.1) is 6.61 Å². The lowest BCUT2D eigenvalue weighted by Gasteiger charge is -2.09. The third kappa shape index (κ3) is 5.88. The van der Waals surface area contributed by atoms with Crippen molar-refractivity contribution in [3.8, 4) is 11.1 Å². The summed E-state index contributed by atoms with van der Waals surface area (Å²) in [6.07, 6.45) is 9.07. The molecule has 1 nitrogen and oxygen atoms in total. The Kier molecular flexibility index (Phi) is 6.83. The van der Waals surface area contributed by atoms with Gasteiger partial charge in [0.15, 0.2) is 0 Å². The fourth-order valence-electron chi connectivity index (χ4n) is 2.59. The Bertz CT molecular complexity index is 662. The van der Waals surface area contributed by atoms with Crippen LogP contribution in [0.1, 0.15) is 31.4 Å². The van der Waals surface area contributed by atoms with Crippen LogP contribution >= 0.6 is 0 Å². The van der Waals surface area contributed by atoms with E-state index < -0.39 is 0 Å². The molecule has 0 radical (unpaired) electrons. The number of allylic oxidation sites excluding steroid dienone is 3. The lowest BCUT2D eigenvalue weighted by atomic mass is 9.96. The van der Waals surface area contributed by atoms with Crippen LogP contribution in [-0.4, -0.2) is 11.7 Å². The molecule has 0 saturated heterocycles. The normalized spacial score (nSPS) is 10.9. The van der Waals surface area contributed by atoms with Crippen molar-refractivity contribution in [1.82, 2.24) is 0 Å². The molecule has 23 heavy (non-hydrogen) atoms. The van der Waals surface area contributed by atoms with E-state index in [1.54, 1.807) is 0 Å². The molecule has 0 aliphatic carbocycles. The average Bonchev–Trinajstić information content (AvgIpc) is 2.57. The van der Waals surface area contributed by atoms with E-state index in [1.165, 1.54) is 27.8 Å². The van der Waals surface area contributed by atoms with Crippen LogP contribution in [0.5, 0.6) is 0 Å². The summed E-state index contributed by atoms with van der Waals surface area (Å²) in [5.41, 5.74) is 6.60. The molecule has 0 fully saturated rings. The molecule has 0 bridgehead atoms. The maximum absolute atomic E-state index is 8.83. The van der Waals surface area contributed by atoms with Crippen molar-refractivity contribution in [3.63, 3.8) is 0 Å². The Morgan fingerprint density at radius 3 is 2.35 bits per heavy atom. The molecule has 2 rings (SSSR count). The van der Waals surface area contributed by atoms with E-state index in [2.05, 4.69) is 68.5 Å². The summed E-state index contributed by atoms with van der Waals surface area (Å²) in [7, 11) is 0. The number of benzene rings is 2. The zero-order valence-electron chi connectivity index (χ0n) is 14.1. The third-order valence-electron chi connectivity index (χ3n) is 3.78. The molecule has 2 aromatic carbocycles. The largest absolute Gasteiger partial charge is 0.392 e. The van der Waals surface area contributed by atoms with E-state index in [4.69, 9.17) is 5.11 Å². The number of aryl methyl sites for hydroxylation is 1. The van der Waals surface area contributed by atoms with E-state index in [0.29, 0.717) is 0 Å². The van der Waals surface area contributed by atoms with Crippen molar-refractivity contribution in [1.29, 1.82) is 0 Å². The molecule has 0 aliphatic rings. The topological polar surface area (TPSA) is 20.2 Å². The molecule has 120 valence electrons. The smallest absolute Gasteiger partial charge is 0.0612 e. The van der Waals surface area contributed by atoms with Gasteiger partial charge in [-0.1, -0.05) is 72.3 Å². The second-order valence-electron chi connectivity index (χ2n) is 6.08. The SMILES string of the molecule is CC(C)=CCc1cc(CCC=CCO)cc(-c2ccccc2)c1. The summed E-state index contributed by atoms with van der Waals surface area (Å²) in [4.78, 5) is 0. The van der Waals surface area contributed by atoms with Crippen molar-refractivity contribution in [2.24, 2.45) is 0 Å². The van der Waals surface area contributed by atoms with Gasteiger partial charge in [0.1, 0.15) is 0 Å². The van der Waals surface area contributed by atoms with Crippen LogP contribution in [-0.2, 0) is 12.8 Å². The van der Waals surface area contributed by atoms with E-state index in [9.17, 15) is 0 Å². The van der Waals surface area contributed by atoms with Gasteiger partial charge in [-0.05, 0) is 55.4 Å². The van der Waals surface area contributed by atoms with Gasteiger partial charge in [0.25, 0.3) is 0 Å². The Hall–Kier alpha value is -2.12. The van der Waals surface area contributed by atoms with Gasteiger partial charge < -0.3 is 5.11 Å². The van der Waals surface area contributed by atoms with Gasteiger partial charge in [-0.15, -0.1) is 0 Å². The first-order valence-electron chi connectivity index (χ1n) is 8.26. The minimum absolute atomic E-state index is 0.121. The lowest BCUT2D eigenvalue weighted by molar-refractivity contribution is 0.342. The molecule has 0 heterocycles. The molecule has 1 heteroatoms. The summed E-state index contributed by atoms with van der Waals surface area (Å²) in [6.45, 7) is 4.40. The highest BCUT2D eigenvalue weighted by Gasteiger charge is 2.03. The fourth-order valence-corrected chi connectivity index (χ4v) is 2.59. The number of hydrogen-bond donors (Lipinski definition) is 1. The minimum Gasteiger partial charge on any atom is -0.392 e. The summed E-state index contributed by atoms with van der Waals surface area (Å²) in [5.74, 6) is 0. The van der Waals surface area contributed by atoms with Crippen LogP contribution in [0.15, 0.2) is 72.3 Å². The first-order valence-corrected chi connectivity index (χ1v) is 8.26. The standard InChI is InChI=1S/C22H26O/c1-18(2)12-13-20-15-19(9-5-4-8-14-23)16-22(17-20)21-10-6-3-7-11-21/h3-4,6-8,10-12,15-17,23H,5,9,13-14H2,1-2H3. The van der Waals surface area contributed by atoms with Gasteiger partial charge >= 0.3 is 0 Å². The second-order valence-corrected chi connectivity index (χ2v) is 6.08. The van der Waals surface area contributed by atoms with Crippen molar-refractivity contribution >= 4 is 0 Å². The van der Waals surface area contributed by atoms with Gasteiger partial charge in [-0.2, -0.15) is 0 Å².